The van der Waals surface area contributed by atoms with Gasteiger partial charge in [0.05, 0.1) is 0 Å². The molecule has 1 aromatic heterocycles. The summed E-state index contributed by atoms with van der Waals surface area (Å²) < 4.78 is 2.32. The highest BCUT2D eigenvalue weighted by Crippen LogP contribution is 2.16. The minimum absolute atomic E-state index is 0.256. The van der Waals surface area contributed by atoms with E-state index in [-0.39, 0.29) is 5.54 Å². The van der Waals surface area contributed by atoms with Crippen molar-refractivity contribution in [1.82, 2.24) is 9.88 Å². The summed E-state index contributed by atoms with van der Waals surface area (Å²) in [4.78, 5) is 0. The molecule has 2 heterocycles. The highest BCUT2D eigenvalue weighted by Gasteiger charge is 2.22. The molecule has 60 valence electrons. The van der Waals surface area contributed by atoms with Crippen LogP contribution in [0, 0.1) is 0 Å². The zero-order chi connectivity index (χ0) is 7.90. The Bertz CT molecular complexity index is 260. The van der Waals surface area contributed by atoms with Gasteiger partial charge < -0.3 is 9.88 Å². The van der Waals surface area contributed by atoms with Crippen LogP contribution in [-0.4, -0.2) is 10.1 Å². The molecule has 2 nitrogen and oxygen atoms in total. The Morgan fingerprint density at radius 3 is 3.18 bits per heavy atom. The predicted octanol–water partition coefficient (Wildman–Crippen LogP) is 1.37. The molecule has 1 N–H and O–H groups in total. The first-order valence-corrected chi connectivity index (χ1v) is 4.06. The van der Waals surface area contributed by atoms with Crippen LogP contribution in [0.5, 0.6) is 0 Å². The fraction of sp³-hybridized carbons (Fsp3) is 0.556. The van der Waals surface area contributed by atoms with E-state index >= 15 is 0 Å². The average molecular weight is 150 g/mol. The van der Waals surface area contributed by atoms with E-state index in [1.807, 2.05) is 0 Å². The van der Waals surface area contributed by atoms with Crippen LogP contribution in [0.4, 0.5) is 0 Å². The molecule has 0 radical (unpaired) electrons. The fourth-order valence-corrected chi connectivity index (χ4v) is 1.58. The molecule has 0 saturated heterocycles. The quantitative estimate of drug-likeness (QED) is 0.591. The number of rotatable bonds is 0. The van der Waals surface area contributed by atoms with Crippen molar-refractivity contribution >= 4 is 0 Å². The average Bonchev–Trinajstić information content (AvgIpc) is 2.31. The van der Waals surface area contributed by atoms with Crippen molar-refractivity contribution in [3.8, 4) is 0 Å². The van der Waals surface area contributed by atoms with E-state index in [9.17, 15) is 0 Å². The van der Waals surface area contributed by atoms with Gasteiger partial charge in [-0.05, 0) is 26.0 Å². The molecule has 1 aliphatic heterocycles. The second kappa shape index (κ2) is 2.11. The summed E-state index contributed by atoms with van der Waals surface area (Å²) in [6.07, 6.45) is 2.15. The largest absolute Gasteiger partial charge is 0.348 e. The second-order valence-electron chi connectivity index (χ2n) is 3.86. The van der Waals surface area contributed by atoms with E-state index < -0.39 is 0 Å². The topological polar surface area (TPSA) is 17.0 Å². The molecule has 0 amide bonds. The van der Waals surface area contributed by atoms with Crippen LogP contribution in [0.25, 0.3) is 0 Å². The van der Waals surface area contributed by atoms with E-state index in [0.717, 1.165) is 13.1 Å². The molecule has 1 aliphatic rings. The van der Waals surface area contributed by atoms with Crippen molar-refractivity contribution in [3.05, 3.63) is 24.0 Å². The molecule has 0 bridgehead atoms. The van der Waals surface area contributed by atoms with Gasteiger partial charge in [0, 0.05) is 30.5 Å². The zero-order valence-electron chi connectivity index (χ0n) is 7.09. The molecule has 0 saturated carbocycles. The molecule has 1 aromatic rings. The van der Waals surface area contributed by atoms with E-state index in [0.29, 0.717) is 0 Å². The van der Waals surface area contributed by atoms with Crippen LogP contribution < -0.4 is 5.32 Å². The minimum Gasteiger partial charge on any atom is -0.348 e. The van der Waals surface area contributed by atoms with Crippen molar-refractivity contribution in [2.24, 2.45) is 0 Å². The van der Waals surface area contributed by atoms with Crippen LogP contribution in [0.2, 0.25) is 0 Å². The van der Waals surface area contributed by atoms with Crippen LogP contribution >= 0.6 is 0 Å². The molecule has 0 unspecified atom stereocenters. The maximum absolute atomic E-state index is 3.48. The van der Waals surface area contributed by atoms with Gasteiger partial charge in [0.2, 0.25) is 0 Å². The predicted molar refractivity (Wildman–Crippen MR) is 45.4 cm³/mol. The third-order valence-electron chi connectivity index (χ3n) is 2.24. The van der Waals surface area contributed by atoms with Crippen molar-refractivity contribution in [3.63, 3.8) is 0 Å². The Morgan fingerprint density at radius 2 is 2.36 bits per heavy atom. The number of aromatic nitrogens is 1. The molecule has 2 heteroatoms. The SMILES string of the molecule is CC1(C)Cn2cccc2CN1. The summed E-state index contributed by atoms with van der Waals surface area (Å²) in [7, 11) is 0. The van der Waals surface area contributed by atoms with Crippen LogP contribution in [0.15, 0.2) is 18.3 Å². The van der Waals surface area contributed by atoms with Crippen molar-refractivity contribution in [2.75, 3.05) is 0 Å². The van der Waals surface area contributed by atoms with Gasteiger partial charge in [0.25, 0.3) is 0 Å². The lowest BCUT2D eigenvalue weighted by Crippen LogP contribution is -2.46. The van der Waals surface area contributed by atoms with Gasteiger partial charge in [0.15, 0.2) is 0 Å². The highest BCUT2D eigenvalue weighted by atomic mass is 15.1. The minimum atomic E-state index is 0.256. The third-order valence-corrected chi connectivity index (χ3v) is 2.24. The second-order valence-corrected chi connectivity index (χ2v) is 3.86. The number of hydrogen-bond acceptors (Lipinski definition) is 1. The van der Waals surface area contributed by atoms with Crippen molar-refractivity contribution in [2.45, 2.75) is 32.5 Å². The van der Waals surface area contributed by atoms with Crippen LogP contribution in [-0.2, 0) is 13.1 Å². The fourth-order valence-electron chi connectivity index (χ4n) is 1.58. The van der Waals surface area contributed by atoms with E-state index in [1.165, 1.54) is 5.69 Å². The van der Waals surface area contributed by atoms with Crippen molar-refractivity contribution in [1.29, 1.82) is 0 Å². The molecule has 0 spiro atoms. The Labute approximate surface area is 67.2 Å². The zero-order valence-corrected chi connectivity index (χ0v) is 7.09. The van der Waals surface area contributed by atoms with E-state index in [4.69, 9.17) is 0 Å². The summed E-state index contributed by atoms with van der Waals surface area (Å²) in [5.41, 5.74) is 1.65. The molecular formula is C9H14N2. The summed E-state index contributed by atoms with van der Waals surface area (Å²) >= 11 is 0. The van der Waals surface area contributed by atoms with Gasteiger partial charge >= 0.3 is 0 Å². The molecule has 11 heavy (non-hydrogen) atoms. The smallest absolute Gasteiger partial charge is 0.0400 e. The Kier molecular flexibility index (Phi) is 1.33. The van der Waals surface area contributed by atoms with E-state index in [2.05, 4.69) is 42.1 Å². The number of fused-ring (bicyclic) bond motifs is 1. The third kappa shape index (κ3) is 1.18. The summed E-state index contributed by atoms with van der Waals surface area (Å²) in [6.45, 7) is 6.54. The number of nitrogens with zero attached hydrogens (tertiary/aromatic N) is 1. The standard InChI is InChI=1S/C9H14N2/c1-9(2)7-11-5-3-4-8(11)6-10-9/h3-5,10H,6-7H2,1-2H3. The highest BCUT2D eigenvalue weighted by molar-refractivity contribution is 5.10. The van der Waals surface area contributed by atoms with Gasteiger partial charge in [-0.15, -0.1) is 0 Å². The molecule has 0 atom stereocenters. The summed E-state index contributed by atoms with van der Waals surface area (Å²) in [5.74, 6) is 0. The molecule has 0 aliphatic carbocycles. The lowest BCUT2D eigenvalue weighted by molar-refractivity contribution is 0.294. The molecule has 2 rings (SSSR count). The number of hydrogen-bond donors (Lipinski definition) is 1. The van der Waals surface area contributed by atoms with Gasteiger partial charge in [-0.25, -0.2) is 0 Å². The van der Waals surface area contributed by atoms with Gasteiger partial charge in [-0.1, -0.05) is 0 Å². The molecule has 0 aromatic carbocycles. The summed E-state index contributed by atoms with van der Waals surface area (Å²) in [6, 6.07) is 4.28. The first-order valence-electron chi connectivity index (χ1n) is 4.06. The Morgan fingerprint density at radius 1 is 1.55 bits per heavy atom. The normalized spacial score (nSPS) is 21.3. The first kappa shape index (κ1) is 6.92. The lowest BCUT2D eigenvalue weighted by atomic mass is 10.0. The molecular weight excluding hydrogens is 136 g/mol. The number of nitrogens with one attached hydrogen (secondary N) is 1. The Hall–Kier alpha value is -0.760. The van der Waals surface area contributed by atoms with Crippen LogP contribution in [0.1, 0.15) is 19.5 Å². The Balaban J connectivity index is 2.32. The van der Waals surface area contributed by atoms with Gasteiger partial charge in [-0.3, -0.25) is 0 Å². The maximum Gasteiger partial charge on any atom is 0.0400 e. The van der Waals surface area contributed by atoms with Crippen molar-refractivity contribution < 1.29 is 0 Å². The maximum atomic E-state index is 3.48. The summed E-state index contributed by atoms with van der Waals surface area (Å²) in [5, 5.41) is 3.48. The monoisotopic (exact) mass is 150 g/mol. The van der Waals surface area contributed by atoms with E-state index in [1.54, 1.807) is 0 Å². The van der Waals surface area contributed by atoms with Gasteiger partial charge in [0.1, 0.15) is 0 Å². The van der Waals surface area contributed by atoms with Crippen LogP contribution in [0.3, 0.4) is 0 Å². The lowest BCUT2D eigenvalue weighted by Gasteiger charge is -2.32. The van der Waals surface area contributed by atoms with Gasteiger partial charge in [-0.2, -0.15) is 0 Å². The molecule has 0 fully saturated rings. The first-order chi connectivity index (χ1) is 5.17.